The molecule has 116 valence electrons. The lowest BCUT2D eigenvalue weighted by atomic mass is 9.81. The molecule has 0 saturated heterocycles. The van der Waals surface area contributed by atoms with Gasteiger partial charge < -0.3 is 10.4 Å². The molecule has 0 spiro atoms. The molecule has 0 heterocycles. The lowest BCUT2D eigenvalue weighted by Crippen LogP contribution is -2.30. The van der Waals surface area contributed by atoms with Gasteiger partial charge in [0.05, 0.1) is 12.1 Å². The van der Waals surface area contributed by atoms with E-state index in [0.717, 1.165) is 24.8 Å². The van der Waals surface area contributed by atoms with Gasteiger partial charge in [-0.15, -0.1) is 0 Å². The molecule has 21 heavy (non-hydrogen) atoms. The SMILES string of the molecule is CCC(=O)NC1CCCc2ccc(C(O)C(C)(C)C)cc21. The van der Waals surface area contributed by atoms with Crippen LogP contribution in [0.3, 0.4) is 0 Å². The van der Waals surface area contributed by atoms with Crippen molar-refractivity contribution in [2.45, 2.75) is 65.5 Å². The van der Waals surface area contributed by atoms with E-state index in [0.29, 0.717) is 6.42 Å². The van der Waals surface area contributed by atoms with Crippen LogP contribution in [0, 0.1) is 5.41 Å². The zero-order chi connectivity index (χ0) is 15.6. The van der Waals surface area contributed by atoms with Gasteiger partial charge in [0.2, 0.25) is 5.91 Å². The second-order valence-corrected chi connectivity index (χ2v) is 7.09. The number of aryl methyl sites for hydroxylation is 1. The van der Waals surface area contributed by atoms with E-state index in [2.05, 4.69) is 17.4 Å². The van der Waals surface area contributed by atoms with Crippen LogP contribution in [0.15, 0.2) is 18.2 Å². The summed E-state index contributed by atoms with van der Waals surface area (Å²) in [6.07, 6.45) is 3.15. The van der Waals surface area contributed by atoms with Gasteiger partial charge in [-0.2, -0.15) is 0 Å². The molecule has 2 rings (SSSR count). The van der Waals surface area contributed by atoms with Crippen molar-refractivity contribution in [3.05, 3.63) is 34.9 Å². The van der Waals surface area contributed by atoms with Crippen LogP contribution < -0.4 is 5.32 Å². The minimum absolute atomic E-state index is 0.0910. The number of carbonyl (C=O) groups excluding carboxylic acids is 1. The topological polar surface area (TPSA) is 49.3 Å². The number of aliphatic hydroxyl groups is 1. The van der Waals surface area contributed by atoms with E-state index in [1.807, 2.05) is 33.8 Å². The molecular formula is C18H27NO2. The Bertz CT molecular complexity index is 516. The highest BCUT2D eigenvalue weighted by molar-refractivity contribution is 5.76. The van der Waals surface area contributed by atoms with Gasteiger partial charge in [0, 0.05) is 6.42 Å². The van der Waals surface area contributed by atoms with Crippen LogP contribution in [0.1, 0.15) is 75.8 Å². The predicted octanol–water partition coefficient (Wildman–Crippen LogP) is 3.67. The number of rotatable bonds is 3. The van der Waals surface area contributed by atoms with E-state index >= 15 is 0 Å². The molecule has 0 fully saturated rings. The highest BCUT2D eigenvalue weighted by atomic mass is 16.3. The third-order valence-electron chi connectivity index (χ3n) is 4.28. The summed E-state index contributed by atoms with van der Waals surface area (Å²) >= 11 is 0. The van der Waals surface area contributed by atoms with Crippen molar-refractivity contribution in [2.24, 2.45) is 5.41 Å². The second kappa shape index (κ2) is 6.18. The van der Waals surface area contributed by atoms with E-state index in [4.69, 9.17) is 0 Å². The van der Waals surface area contributed by atoms with Crippen molar-refractivity contribution in [1.29, 1.82) is 0 Å². The number of carbonyl (C=O) groups is 1. The van der Waals surface area contributed by atoms with Gasteiger partial charge in [-0.3, -0.25) is 4.79 Å². The van der Waals surface area contributed by atoms with Crippen LogP contribution in [-0.4, -0.2) is 11.0 Å². The van der Waals surface area contributed by atoms with Gasteiger partial charge in [-0.25, -0.2) is 0 Å². The summed E-state index contributed by atoms with van der Waals surface area (Å²) < 4.78 is 0. The third kappa shape index (κ3) is 3.65. The highest BCUT2D eigenvalue weighted by Crippen LogP contribution is 2.36. The number of aliphatic hydroxyl groups excluding tert-OH is 1. The second-order valence-electron chi connectivity index (χ2n) is 7.09. The first-order valence-corrected chi connectivity index (χ1v) is 7.93. The molecule has 2 atom stereocenters. The normalized spacial score (nSPS) is 19.8. The van der Waals surface area contributed by atoms with Crippen molar-refractivity contribution in [1.82, 2.24) is 5.32 Å². The summed E-state index contributed by atoms with van der Waals surface area (Å²) in [6, 6.07) is 6.32. The molecular weight excluding hydrogens is 262 g/mol. The monoisotopic (exact) mass is 289 g/mol. The van der Waals surface area contributed by atoms with Crippen LogP contribution in [-0.2, 0) is 11.2 Å². The molecule has 1 aromatic rings. The van der Waals surface area contributed by atoms with Crippen LogP contribution >= 0.6 is 0 Å². The van der Waals surface area contributed by atoms with Gasteiger partial charge in [0.1, 0.15) is 0 Å². The van der Waals surface area contributed by atoms with Crippen LogP contribution in [0.4, 0.5) is 0 Å². The summed E-state index contributed by atoms with van der Waals surface area (Å²) in [5, 5.41) is 13.6. The van der Waals surface area contributed by atoms with Gasteiger partial charge in [-0.1, -0.05) is 45.9 Å². The summed E-state index contributed by atoms with van der Waals surface area (Å²) in [5.41, 5.74) is 3.24. The first kappa shape index (κ1) is 16.0. The van der Waals surface area contributed by atoms with Gasteiger partial charge in [0.25, 0.3) is 0 Å². The Morgan fingerprint density at radius 1 is 1.43 bits per heavy atom. The van der Waals surface area contributed by atoms with E-state index in [-0.39, 0.29) is 17.4 Å². The Morgan fingerprint density at radius 2 is 2.14 bits per heavy atom. The smallest absolute Gasteiger partial charge is 0.220 e. The zero-order valence-corrected chi connectivity index (χ0v) is 13.6. The average Bonchev–Trinajstić information content (AvgIpc) is 2.45. The summed E-state index contributed by atoms with van der Waals surface area (Å²) in [7, 11) is 0. The molecule has 1 amide bonds. The zero-order valence-electron chi connectivity index (χ0n) is 13.6. The van der Waals surface area contributed by atoms with E-state index in [9.17, 15) is 9.90 Å². The maximum Gasteiger partial charge on any atom is 0.220 e. The quantitative estimate of drug-likeness (QED) is 0.892. The molecule has 1 aromatic carbocycles. The maximum atomic E-state index is 11.7. The van der Waals surface area contributed by atoms with Crippen molar-refractivity contribution in [2.75, 3.05) is 0 Å². The molecule has 1 aliphatic carbocycles. The fourth-order valence-corrected chi connectivity index (χ4v) is 2.93. The molecule has 1 aliphatic rings. The average molecular weight is 289 g/mol. The van der Waals surface area contributed by atoms with E-state index in [1.165, 1.54) is 11.1 Å². The summed E-state index contributed by atoms with van der Waals surface area (Å²) in [5.74, 6) is 0.0922. The molecule has 0 radical (unpaired) electrons. The maximum absolute atomic E-state index is 11.7. The Balaban J connectivity index is 2.31. The number of benzene rings is 1. The molecule has 0 bridgehead atoms. The minimum Gasteiger partial charge on any atom is -0.388 e. The van der Waals surface area contributed by atoms with Crippen LogP contribution in [0.25, 0.3) is 0 Å². The Hall–Kier alpha value is -1.35. The van der Waals surface area contributed by atoms with Gasteiger partial charge >= 0.3 is 0 Å². The standard InChI is InChI=1S/C18H27NO2/c1-5-16(20)19-15-8-6-7-12-9-10-13(11-14(12)15)17(21)18(2,3)4/h9-11,15,17,21H,5-8H2,1-4H3,(H,19,20). The fraction of sp³-hybridized carbons (Fsp3) is 0.611. The molecule has 2 unspecified atom stereocenters. The Kier molecular flexibility index (Phi) is 4.72. The summed E-state index contributed by atoms with van der Waals surface area (Å²) in [4.78, 5) is 11.7. The number of hydrogen-bond donors (Lipinski definition) is 2. The van der Waals surface area contributed by atoms with Crippen molar-refractivity contribution in [3.8, 4) is 0 Å². The van der Waals surface area contributed by atoms with Crippen LogP contribution in [0.5, 0.6) is 0 Å². The van der Waals surface area contributed by atoms with Gasteiger partial charge in [-0.05, 0) is 41.4 Å². The fourth-order valence-electron chi connectivity index (χ4n) is 2.93. The first-order valence-electron chi connectivity index (χ1n) is 7.93. The van der Waals surface area contributed by atoms with E-state index in [1.54, 1.807) is 0 Å². The lowest BCUT2D eigenvalue weighted by Gasteiger charge is -2.30. The Morgan fingerprint density at radius 3 is 2.76 bits per heavy atom. The molecule has 0 saturated carbocycles. The molecule has 3 heteroatoms. The number of amides is 1. The molecule has 0 aromatic heterocycles. The largest absolute Gasteiger partial charge is 0.388 e. The Labute approximate surface area is 127 Å². The number of fused-ring (bicyclic) bond motifs is 1. The van der Waals surface area contributed by atoms with Gasteiger partial charge in [0.15, 0.2) is 0 Å². The minimum atomic E-state index is -0.493. The van der Waals surface area contributed by atoms with Crippen LogP contribution in [0.2, 0.25) is 0 Å². The van der Waals surface area contributed by atoms with Crippen molar-refractivity contribution in [3.63, 3.8) is 0 Å². The molecule has 2 N–H and O–H groups in total. The molecule has 3 nitrogen and oxygen atoms in total. The molecule has 0 aliphatic heterocycles. The predicted molar refractivity (Wildman–Crippen MR) is 85.0 cm³/mol. The first-order chi connectivity index (χ1) is 9.82. The van der Waals surface area contributed by atoms with E-state index < -0.39 is 6.10 Å². The highest BCUT2D eigenvalue weighted by Gasteiger charge is 2.27. The van der Waals surface area contributed by atoms with Crippen molar-refractivity contribution < 1.29 is 9.90 Å². The lowest BCUT2D eigenvalue weighted by molar-refractivity contribution is -0.121. The van der Waals surface area contributed by atoms with Crippen molar-refractivity contribution >= 4 is 5.91 Å². The number of nitrogens with one attached hydrogen (secondary N) is 1. The summed E-state index contributed by atoms with van der Waals surface area (Å²) in [6.45, 7) is 7.98. The third-order valence-corrected chi connectivity index (χ3v) is 4.28. The number of hydrogen-bond acceptors (Lipinski definition) is 2.